The van der Waals surface area contributed by atoms with Crippen molar-refractivity contribution in [1.82, 2.24) is 20.0 Å². The Kier molecular flexibility index (Phi) is 9.49. The zero-order valence-corrected chi connectivity index (χ0v) is 24.3. The summed E-state index contributed by atoms with van der Waals surface area (Å²) in [6, 6.07) is 8.86. The number of rotatable bonds is 6. The Labute approximate surface area is 248 Å². The number of alkyl halides is 3. The summed E-state index contributed by atoms with van der Waals surface area (Å²) in [6.07, 6.45) is -1.35. The van der Waals surface area contributed by atoms with Crippen molar-refractivity contribution in [2.24, 2.45) is 0 Å². The normalized spacial score (nSPS) is 21.2. The Morgan fingerprint density at radius 3 is 2.42 bits per heavy atom. The number of nitrogens with zero attached hydrogens (tertiary/aromatic N) is 3. The maximum absolute atomic E-state index is 13.8. The molecule has 218 valence electrons. The molecule has 1 N–H and O–H groups in total. The SMILES string of the molecule is CN1C(=O)c2c(cccc2C(F)(F)F)C1C(CCN1CCC(N2CCCNC2=O)CC1)c1ccc(Cl)c(Cl)c1.Cl. The van der Waals surface area contributed by atoms with Gasteiger partial charge in [0.15, 0.2) is 0 Å². The first-order valence-electron chi connectivity index (χ1n) is 13.2. The first-order chi connectivity index (χ1) is 18.6. The summed E-state index contributed by atoms with van der Waals surface area (Å²) in [5, 5.41) is 3.66. The smallest absolute Gasteiger partial charge is 0.338 e. The summed E-state index contributed by atoms with van der Waals surface area (Å²) in [6.45, 7) is 3.82. The molecule has 0 spiro atoms. The number of likely N-dealkylation sites (tertiary alicyclic amines) is 1. The highest BCUT2D eigenvalue weighted by Crippen LogP contribution is 2.48. The maximum Gasteiger partial charge on any atom is 0.417 e. The largest absolute Gasteiger partial charge is 0.417 e. The zero-order chi connectivity index (χ0) is 27.9. The van der Waals surface area contributed by atoms with Crippen LogP contribution in [0.4, 0.5) is 18.0 Å². The van der Waals surface area contributed by atoms with Crippen LogP contribution in [-0.2, 0) is 6.18 Å². The van der Waals surface area contributed by atoms with Crippen molar-refractivity contribution in [2.45, 2.75) is 49.9 Å². The van der Waals surface area contributed by atoms with Crippen LogP contribution in [0.15, 0.2) is 36.4 Å². The van der Waals surface area contributed by atoms with Gasteiger partial charge in [-0.15, -0.1) is 12.4 Å². The van der Waals surface area contributed by atoms with Crippen LogP contribution in [0.1, 0.15) is 64.7 Å². The van der Waals surface area contributed by atoms with Gasteiger partial charge in [-0.05, 0) is 61.6 Å². The van der Waals surface area contributed by atoms with E-state index in [1.807, 2.05) is 11.0 Å². The van der Waals surface area contributed by atoms with Crippen LogP contribution in [0.2, 0.25) is 10.0 Å². The number of likely N-dealkylation sites (N-methyl/N-ethyl adjacent to an activating group) is 1. The van der Waals surface area contributed by atoms with E-state index in [0.717, 1.165) is 57.1 Å². The molecule has 3 aliphatic heterocycles. The van der Waals surface area contributed by atoms with Crippen LogP contribution in [0.3, 0.4) is 0 Å². The Bertz CT molecular complexity index is 1250. The molecule has 0 radical (unpaired) electrons. The molecule has 0 bridgehead atoms. The summed E-state index contributed by atoms with van der Waals surface area (Å²) in [5.41, 5.74) is 0.0154. The fraction of sp³-hybridized carbons (Fsp3) is 0.500. The Morgan fingerprint density at radius 1 is 1.05 bits per heavy atom. The number of amides is 3. The number of fused-ring (bicyclic) bond motifs is 1. The molecular weight excluding hydrogens is 588 g/mol. The predicted molar refractivity (Wildman–Crippen MR) is 152 cm³/mol. The number of carbonyl (C=O) groups excluding carboxylic acids is 2. The van der Waals surface area contributed by atoms with E-state index in [1.165, 1.54) is 11.0 Å². The lowest BCUT2D eigenvalue weighted by Gasteiger charge is -2.40. The van der Waals surface area contributed by atoms with Crippen molar-refractivity contribution < 1.29 is 22.8 Å². The molecule has 3 amide bonds. The molecule has 0 aromatic heterocycles. The van der Waals surface area contributed by atoms with Crippen molar-refractivity contribution in [2.75, 3.05) is 39.8 Å². The van der Waals surface area contributed by atoms with Gasteiger partial charge < -0.3 is 20.0 Å². The fourth-order valence-corrected chi connectivity index (χ4v) is 6.62. The molecule has 2 atom stereocenters. The van der Waals surface area contributed by atoms with Gasteiger partial charge in [0.25, 0.3) is 5.91 Å². The summed E-state index contributed by atoms with van der Waals surface area (Å²) in [4.78, 5) is 31.1. The predicted octanol–water partition coefficient (Wildman–Crippen LogP) is 6.61. The highest BCUT2D eigenvalue weighted by Gasteiger charge is 2.46. The van der Waals surface area contributed by atoms with Gasteiger partial charge in [0.2, 0.25) is 0 Å². The molecule has 6 nitrogen and oxygen atoms in total. The van der Waals surface area contributed by atoms with Crippen molar-refractivity contribution in [3.8, 4) is 0 Å². The monoisotopic (exact) mass is 618 g/mol. The van der Waals surface area contributed by atoms with Crippen molar-refractivity contribution in [3.63, 3.8) is 0 Å². The third-order valence-corrected chi connectivity index (χ3v) is 9.03. The Balaban J connectivity index is 0.00000370. The Hall–Kier alpha value is -2.20. The molecule has 0 saturated carbocycles. The number of piperidine rings is 1. The van der Waals surface area contributed by atoms with Gasteiger partial charge in [-0.25, -0.2) is 4.79 Å². The van der Waals surface area contributed by atoms with Crippen LogP contribution in [-0.4, -0.2) is 72.5 Å². The quantitative estimate of drug-likeness (QED) is 0.396. The van der Waals surface area contributed by atoms with Gasteiger partial charge in [0.1, 0.15) is 0 Å². The van der Waals surface area contributed by atoms with Crippen molar-refractivity contribution in [3.05, 3.63) is 68.7 Å². The summed E-state index contributed by atoms with van der Waals surface area (Å²) in [7, 11) is 1.56. The molecule has 3 aliphatic rings. The summed E-state index contributed by atoms with van der Waals surface area (Å²) >= 11 is 12.5. The van der Waals surface area contributed by atoms with Crippen LogP contribution in [0.25, 0.3) is 0 Å². The minimum atomic E-state index is -4.63. The number of urea groups is 1. The topological polar surface area (TPSA) is 55.9 Å². The van der Waals surface area contributed by atoms with Gasteiger partial charge >= 0.3 is 12.2 Å². The molecule has 5 rings (SSSR count). The first kappa shape index (κ1) is 30.8. The lowest BCUT2D eigenvalue weighted by Crippen LogP contribution is -2.54. The van der Waals surface area contributed by atoms with E-state index in [0.29, 0.717) is 28.6 Å². The second-order valence-electron chi connectivity index (χ2n) is 10.5. The van der Waals surface area contributed by atoms with E-state index in [1.54, 1.807) is 25.2 Å². The highest BCUT2D eigenvalue weighted by molar-refractivity contribution is 6.42. The Morgan fingerprint density at radius 2 is 1.77 bits per heavy atom. The number of hydrogen-bond acceptors (Lipinski definition) is 3. The molecule has 2 unspecified atom stereocenters. The van der Waals surface area contributed by atoms with Crippen molar-refractivity contribution >= 4 is 47.5 Å². The average Bonchev–Trinajstić information content (AvgIpc) is 3.16. The molecular formula is C28H32Cl3F3N4O2. The lowest BCUT2D eigenvalue weighted by atomic mass is 9.83. The summed E-state index contributed by atoms with van der Waals surface area (Å²) in [5.74, 6) is -0.933. The van der Waals surface area contributed by atoms with Gasteiger partial charge in [0.05, 0.1) is 27.2 Å². The molecule has 12 heteroatoms. The summed E-state index contributed by atoms with van der Waals surface area (Å²) < 4.78 is 41.5. The van der Waals surface area contributed by atoms with E-state index in [-0.39, 0.29) is 36.0 Å². The zero-order valence-electron chi connectivity index (χ0n) is 22.0. The fourth-order valence-electron chi connectivity index (χ4n) is 6.31. The number of halogens is 6. The minimum absolute atomic E-state index is 0. The standard InChI is InChI=1S/C28H31Cl2F3N4O2.ClH/c1-35-25(20-4-2-5-21(28(31,32)33)24(20)26(35)38)19(17-6-7-22(29)23(30)16-17)10-15-36-13-8-18(9-14-36)37-12-3-11-34-27(37)39;/h2,4-7,16,18-19,25H,3,8-15H2,1H3,(H,34,39);1H. The van der Waals surface area contributed by atoms with Crippen LogP contribution in [0.5, 0.6) is 0 Å². The lowest BCUT2D eigenvalue weighted by molar-refractivity contribution is -0.137. The van der Waals surface area contributed by atoms with Crippen LogP contribution >= 0.6 is 35.6 Å². The van der Waals surface area contributed by atoms with Gasteiger partial charge in [-0.2, -0.15) is 13.2 Å². The highest BCUT2D eigenvalue weighted by atomic mass is 35.5. The van der Waals surface area contributed by atoms with E-state index >= 15 is 0 Å². The van der Waals surface area contributed by atoms with E-state index < -0.39 is 23.7 Å². The molecule has 2 saturated heterocycles. The first-order valence-corrected chi connectivity index (χ1v) is 14.0. The van der Waals surface area contributed by atoms with E-state index in [9.17, 15) is 22.8 Å². The average molecular weight is 620 g/mol. The molecule has 40 heavy (non-hydrogen) atoms. The molecule has 2 aromatic rings. The number of nitrogens with one attached hydrogen (secondary N) is 1. The van der Waals surface area contributed by atoms with Gasteiger partial charge in [-0.3, -0.25) is 4.79 Å². The number of carbonyl (C=O) groups is 2. The van der Waals surface area contributed by atoms with E-state index in [2.05, 4.69) is 10.2 Å². The minimum Gasteiger partial charge on any atom is -0.338 e. The van der Waals surface area contributed by atoms with Crippen LogP contribution in [0, 0.1) is 0 Å². The van der Waals surface area contributed by atoms with Gasteiger partial charge in [0, 0.05) is 45.2 Å². The molecule has 3 heterocycles. The maximum atomic E-state index is 13.8. The van der Waals surface area contributed by atoms with Crippen LogP contribution < -0.4 is 5.32 Å². The third-order valence-electron chi connectivity index (χ3n) is 8.29. The number of hydrogen-bond donors (Lipinski definition) is 1. The second-order valence-corrected chi connectivity index (χ2v) is 11.4. The van der Waals surface area contributed by atoms with Crippen molar-refractivity contribution in [1.29, 1.82) is 0 Å². The number of benzene rings is 2. The van der Waals surface area contributed by atoms with Gasteiger partial charge in [-0.1, -0.05) is 41.4 Å². The van der Waals surface area contributed by atoms with E-state index in [4.69, 9.17) is 23.2 Å². The second kappa shape index (κ2) is 12.3. The molecule has 2 fully saturated rings. The molecule has 0 aliphatic carbocycles. The molecule has 2 aromatic carbocycles. The third kappa shape index (κ3) is 6.03.